The lowest BCUT2D eigenvalue weighted by Gasteiger charge is -2.18. The molecule has 0 amide bonds. The topological polar surface area (TPSA) is 36.4 Å². The number of hydrogen-bond acceptors (Lipinski definition) is 3. The van der Waals surface area contributed by atoms with Crippen molar-refractivity contribution in [2.75, 3.05) is 7.05 Å². The molecule has 0 radical (unpaired) electrons. The van der Waals surface area contributed by atoms with Crippen LogP contribution >= 0.6 is 0 Å². The quantitative estimate of drug-likeness (QED) is 0.846. The molecule has 3 heteroatoms. The molecule has 23 heavy (non-hydrogen) atoms. The van der Waals surface area contributed by atoms with E-state index in [4.69, 9.17) is 0 Å². The van der Waals surface area contributed by atoms with Gasteiger partial charge < -0.3 is 5.11 Å². The molecule has 2 rings (SSSR count). The van der Waals surface area contributed by atoms with Gasteiger partial charge in [-0.1, -0.05) is 24.3 Å². The number of rotatable bonds is 7. The molecule has 0 atom stereocenters. The first-order chi connectivity index (χ1) is 10.8. The molecule has 1 N–H and O–H groups in total. The molecular formula is C20H28N2O. The van der Waals surface area contributed by atoms with Crippen molar-refractivity contribution in [3.05, 3.63) is 65.0 Å². The molecule has 1 aromatic carbocycles. The van der Waals surface area contributed by atoms with Gasteiger partial charge in [0, 0.05) is 25.0 Å². The van der Waals surface area contributed by atoms with Crippen molar-refractivity contribution in [1.82, 2.24) is 9.88 Å². The van der Waals surface area contributed by atoms with Crippen LogP contribution in [0.2, 0.25) is 0 Å². The highest BCUT2D eigenvalue weighted by Gasteiger charge is 2.12. The fourth-order valence-electron chi connectivity index (χ4n) is 2.64. The van der Waals surface area contributed by atoms with E-state index in [0.29, 0.717) is 0 Å². The van der Waals surface area contributed by atoms with Gasteiger partial charge in [-0.05, 0) is 69.5 Å². The second-order valence-electron chi connectivity index (χ2n) is 7.11. The molecule has 0 aliphatic carbocycles. The Labute approximate surface area is 140 Å². The number of aromatic nitrogens is 1. The fourth-order valence-corrected chi connectivity index (χ4v) is 2.64. The minimum Gasteiger partial charge on any atom is -0.390 e. The van der Waals surface area contributed by atoms with Crippen molar-refractivity contribution >= 4 is 0 Å². The minimum atomic E-state index is -0.596. The second kappa shape index (κ2) is 7.71. The van der Waals surface area contributed by atoms with E-state index in [-0.39, 0.29) is 0 Å². The van der Waals surface area contributed by atoms with Crippen LogP contribution in [0.5, 0.6) is 0 Å². The third kappa shape index (κ3) is 6.51. The van der Waals surface area contributed by atoms with Crippen LogP contribution < -0.4 is 0 Å². The standard InChI is InChI=1S/C20H28N2O/c1-16-13-19(10-12-21-16)15-22(4)14-18-7-5-17(6-8-18)9-11-20(2,3)23/h5-8,10,12-13,23H,9,11,14-15H2,1-4H3. The van der Waals surface area contributed by atoms with Gasteiger partial charge in [-0.2, -0.15) is 0 Å². The second-order valence-corrected chi connectivity index (χ2v) is 7.11. The van der Waals surface area contributed by atoms with Crippen LogP contribution in [-0.2, 0) is 19.5 Å². The van der Waals surface area contributed by atoms with Gasteiger partial charge >= 0.3 is 0 Å². The summed E-state index contributed by atoms with van der Waals surface area (Å²) in [4.78, 5) is 6.55. The summed E-state index contributed by atoms with van der Waals surface area (Å²) in [7, 11) is 2.14. The maximum absolute atomic E-state index is 9.80. The highest BCUT2D eigenvalue weighted by Crippen LogP contribution is 2.15. The van der Waals surface area contributed by atoms with Gasteiger partial charge in [0.2, 0.25) is 0 Å². The predicted molar refractivity (Wildman–Crippen MR) is 95.2 cm³/mol. The Morgan fingerprint density at radius 2 is 1.61 bits per heavy atom. The third-order valence-electron chi connectivity index (χ3n) is 3.91. The zero-order valence-corrected chi connectivity index (χ0v) is 14.7. The number of hydrogen-bond donors (Lipinski definition) is 1. The van der Waals surface area contributed by atoms with Crippen LogP contribution in [0.1, 0.15) is 42.7 Å². The van der Waals surface area contributed by atoms with Crippen molar-refractivity contribution in [3.63, 3.8) is 0 Å². The normalized spacial score (nSPS) is 11.9. The third-order valence-corrected chi connectivity index (χ3v) is 3.91. The Morgan fingerprint density at radius 1 is 1.00 bits per heavy atom. The van der Waals surface area contributed by atoms with Crippen molar-refractivity contribution in [2.24, 2.45) is 0 Å². The molecule has 0 aliphatic rings. The lowest BCUT2D eigenvalue weighted by molar-refractivity contribution is 0.0714. The molecule has 0 fully saturated rings. The van der Waals surface area contributed by atoms with Crippen molar-refractivity contribution in [2.45, 2.75) is 52.3 Å². The Balaban J connectivity index is 1.87. The summed E-state index contributed by atoms with van der Waals surface area (Å²) in [5.74, 6) is 0. The number of benzene rings is 1. The lowest BCUT2D eigenvalue weighted by atomic mass is 9.98. The number of pyridine rings is 1. The maximum atomic E-state index is 9.80. The molecule has 0 bridgehead atoms. The Bertz CT molecular complexity index is 614. The van der Waals surface area contributed by atoms with E-state index in [1.807, 2.05) is 27.0 Å². The smallest absolute Gasteiger partial charge is 0.0594 e. The van der Waals surface area contributed by atoms with Crippen LogP contribution in [0.4, 0.5) is 0 Å². The minimum absolute atomic E-state index is 0.596. The summed E-state index contributed by atoms with van der Waals surface area (Å²) in [6, 6.07) is 12.9. The van der Waals surface area contributed by atoms with Gasteiger partial charge in [-0.25, -0.2) is 0 Å². The highest BCUT2D eigenvalue weighted by atomic mass is 16.3. The highest BCUT2D eigenvalue weighted by molar-refractivity contribution is 5.23. The summed E-state index contributed by atoms with van der Waals surface area (Å²) in [5, 5.41) is 9.80. The average Bonchev–Trinajstić information content (AvgIpc) is 2.45. The zero-order valence-electron chi connectivity index (χ0n) is 14.7. The molecule has 1 heterocycles. The summed E-state index contributed by atoms with van der Waals surface area (Å²) in [6.45, 7) is 7.58. The Morgan fingerprint density at radius 3 is 2.22 bits per heavy atom. The first-order valence-electron chi connectivity index (χ1n) is 8.22. The molecule has 0 aliphatic heterocycles. The van der Waals surface area contributed by atoms with Crippen LogP contribution in [0.3, 0.4) is 0 Å². The van der Waals surface area contributed by atoms with Crippen LogP contribution in [-0.4, -0.2) is 27.6 Å². The number of aryl methyl sites for hydroxylation is 2. The maximum Gasteiger partial charge on any atom is 0.0594 e. The molecule has 2 aromatic rings. The summed E-state index contributed by atoms with van der Waals surface area (Å²) in [6.07, 6.45) is 3.57. The van der Waals surface area contributed by atoms with Crippen molar-refractivity contribution in [1.29, 1.82) is 0 Å². The first-order valence-corrected chi connectivity index (χ1v) is 8.22. The predicted octanol–water partition coefficient (Wildman–Crippen LogP) is 3.73. The number of nitrogens with zero attached hydrogens (tertiary/aromatic N) is 2. The molecule has 124 valence electrons. The summed E-state index contributed by atoms with van der Waals surface area (Å²) >= 11 is 0. The average molecular weight is 312 g/mol. The molecule has 0 saturated carbocycles. The van der Waals surface area contributed by atoms with Gasteiger partial charge in [0.1, 0.15) is 0 Å². The molecule has 0 saturated heterocycles. The van der Waals surface area contributed by atoms with Crippen LogP contribution in [0.15, 0.2) is 42.6 Å². The fraction of sp³-hybridized carbons (Fsp3) is 0.450. The van der Waals surface area contributed by atoms with Crippen molar-refractivity contribution < 1.29 is 5.11 Å². The van der Waals surface area contributed by atoms with Gasteiger partial charge in [-0.15, -0.1) is 0 Å². The Kier molecular flexibility index (Phi) is 5.91. The lowest BCUT2D eigenvalue weighted by Crippen LogP contribution is -2.19. The zero-order chi connectivity index (χ0) is 16.9. The van der Waals surface area contributed by atoms with Gasteiger partial charge in [-0.3, -0.25) is 9.88 Å². The largest absolute Gasteiger partial charge is 0.390 e. The molecule has 0 unspecified atom stereocenters. The van der Waals surface area contributed by atoms with E-state index in [9.17, 15) is 5.11 Å². The van der Waals surface area contributed by atoms with Gasteiger partial charge in [0.25, 0.3) is 0 Å². The Hall–Kier alpha value is -1.71. The summed E-state index contributed by atoms with van der Waals surface area (Å²) in [5.41, 5.74) is 4.35. The molecular weight excluding hydrogens is 284 g/mol. The van der Waals surface area contributed by atoms with Crippen LogP contribution in [0, 0.1) is 6.92 Å². The monoisotopic (exact) mass is 312 g/mol. The molecule has 3 nitrogen and oxygen atoms in total. The van der Waals surface area contributed by atoms with E-state index >= 15 is 0 Å². The van der Waals surface area contributed by atoms with Crippen molar-refractivity contribution in [3.8, 4) is 0 Å². The van der Waals surface area contributed by atoms with Crippen LogP contribution in [0.25, 0.3) is 0 Å². The van der Waals surface area contributed by atoms with E-state index in [2.05, 4.69) is 53.3 Å². The van der Waals surface area contributed by atoms with E-state index in [0.717, 1.165) is 31.6 Å². The molecule has 1 aromatic heterocycles. The number of aliphatic hydroxyl groups is 1. The van der Waals surface area contributed by atoms with E-state index in [1.165, 1.54) is 16.7 Å². The first kappa shape index (κ1) is 17.6. The summed E-state index contributed by atoms with van der Waals surface area (Å²) < 4.78 is 0. The van der Waals surface area contributed by atoms with E-state index < -0.39 is 5.60 Å². The molecule has 0 spiro atoms. The SMILES string of the molecule is Cc1cc(CN(C)Cc2ccc(CCC(C)(C)O)cc2)ccn1. The van der Waals surface area contributed by atoms with E-state index in [1.54, 1.807) is 0 Å². The van der Waals surface area contributed by atoms with Gasteiger partial charge in [0.05, 0.1) is 5.60 Å². The van der Waals surface area contributed by atoms with Gasteiger partial charge in [0.15, 0.2) is 0 Å².